The summed E-state index contributed by atoms with van der Waals surface area (Å²) in [5.74, 6) is 1.43. The number of hydrogen-bond donors (Lipinski definition) is 0. The van der Waals surface area contributed by atoms with Gasteiger partial charge in [0.1, 0.15) is 5.75 Å². The average molecular weight is 353 g/mol. The van der Waals surface area contributed by atoms with E-state index in [1.165, 1.54) is 0 Å². The van der Waals surface area contributed by atoms with Gasteiger partial charge in [-0.25, -0.2) is 0 Å². The molecule has 1 aromatic rings. The second kappa shape index (κ2) is 8.70. The van der Waals surface area contributed by atoms with E-state index in [1.807, 2.05) is 4.90 Å². The zero-order chi connectivity index (χ0) is 16.8. The fourth-order valence-electron chi connectivity index (χ4n) is 3.28. The molecule has 6 heteroatoms. The first-order valence-electron chi connectivity index (χ1n) is 8.67. The van der Waals surface area contributed by atoms with Crippen LogP contribution in [-0.4, -0.2) is 68.3 Å². The molecule has 24 heavy (non-hydrogen) atoms. The highest BCUT2D eigenvalue weighted by atomic mass is 35.5. The summed E-state index contributed by atoms with van der Waals surface area (Å²) in [4.78, 5) is 16.7. The number of carbonyl (C=O) groups is 1. The molecule has 0 unspecified atom stereocenters. The summed E-state index contributed by atoms with van der Waals surface area (Å²) in [5.41, 5.74) is 0. The van der Waals surface area contributed by atoms with Crippen LogP contribution in [0.3, 0.4) is 0 Å². The van der Waals surface area contributed by atoms with E-state index >= 15 is 0 Å². The Morgan fingerprint density at radius 1 is 1.12 bits per heavy atom. The lowest BCUT2D eigenvalue weighted by Gasteiger charge is -2.36. The number of ether oxygens (including phenoxy) is 2. The molecule has 2 fully saturated rings. The minimum Gasteiger partial charge on any atom is -0.484 e. The Balaban J connectivity index is 1.37. The Labute approximate surface area is 148 Å². The molecule has 1 amide bonds. The second-order valence-corrected chi connectivity index (χ2v) is 6.92. The number of benzene rings is 1. The van der Waals surface area contributed by atoms with Crippen molar-refractivity contribution in [1.29, 1.82) is 0 Å². The summed E-state index contributed by atoms with van der Waals surface area (Å²) in [6, 6.07) is 7.09. The number of carbonyl (C=O) groups excluding carboxylic acids is 1. The van der Waals surface area contributed by atoms with Gasteiger partial charge in [-0.3, -0.25) is 9.69 Å². The SMILES string of the molecule is O=C(COc1ccc(Cl)cc1)N1CCC(CN2CCOCC2)CC1. The molecule has 0 saturated carbocycles. The minimum atomic E-state index is 0.0646. The average Bonchev–Trinajstić information content (AvgIpc) is 2.62. The van der Waals surface area contributed by atoms with E-state index in [0.717, 1.165) is 58.8 Å². The van der Waals surface area contributed by atoms with Gasteiger partial charge in [-0.1, -0.05) is 11.6 Å². The molecule has 0 bridgehead atoms. The molecule has 1 aromatic carbocycles. The van der Waals surface area contributed by atoms with E-state index < -0.39 is 0 Å². The predicted molar refractivity (Wildman–Crippen MR) is 93.5 cm³/mol. The van der Waals surface area contributed by atoms with E-state index in [1.54, 1.807) is 24.3 Å². The van der Waals surface area contributed by atoms with Gasteiger partial charge >= 0.3 is 0 Å². The summed E-state index contributed by atoms with van der Waals surface area (Å²) in [6.07, 6.45) is 2.15. The van der Waals surface area contributed by atoms with Crippen molar-refractivity contribution in [2.24, 2.45) is 5.92 Å². The van der Waals surface area contributed by atoms with E-state index in [2.05, 4.69) is 4.90 Å². The zero-order valence-corrected chi connectivity index (χ0v) is 14.7. The fourth-order valence-corrected chi connectivity index (χ4v) is 3.41. The number of amides is 1. The molecular weight excluding hydrogens is 328 g/mol. The van der Waals surface area contributed by atoms with Crippen molar-refractivity contribution >= 4 is 17.5 Å². The minimum absolute atomic E-state index is 0.0646. The summed E-state index contributed by atoms with van der Waals surface area (Å²) in [5, 5.41) is 0.663. The van der Waals surface area contributed by atoms with Gasteiger partial charge in [-0.15, -0.1) is 0 Å². The summed E-state index contributed by atoms with van der Waals surface area (Å²) >= 11 is 5.84. The molecule has 2 aliphatic rings. The molecule has 0 aromatic heterocycles. The van der Waals surface area contributed by atoms with Crippen molar-refractivity contribution < 1.29 is 14.3 Å². The van der Waals surface area contributed by atoms with Crippen molar-refractivity contribution in [3.63, 3.8) is 0 Å². The first-order valence-corrected chi connectivity index (χ1v) is 9.05. The molecule has 3 rings (SSSR count). The van der Waals surface area contributed by atoms with Crippen LogP contribution in [0.25, 0.3) is 0 Å². The molecule has 5 nitrogen and oxygen atoms in total. The van der Waals surface area contributed by atoms with E-state index in [9.17, 15) is 4.79 Å². The standard InChI is InChI=1S/C18H25ClN2O3/c19-16-1-3-17(4-2-16)24-14-18(22)21-7-5-15(6-8-21)13-20-9-11-23-12-10-20/h1-4,15H,5-14H2. The maximum absolute atomic E-state index is 12.3. The lowest BCUT2D eigenvalue weighted by atomic mass is 9.96. The number of nitrogens with zero attached hydrogens (tertiary/aromatic N) is 2. The highest BCUT2D eigenvalue weighted by Gasteiger charge is 2.25. The third-order valence-corrected chi connectivity index (χ3v) is 5.02. The van der Waals surface area contributed by atoms with Gasteiger partial charge in [0.25, 0.3) is 5.91 Å². The smallest absolute Gasteiger partial charge is 0.260 e. The number of halogens is 1. The highest BCUT2D eigenvalue weighted by Crippen LogP contribution is 2.20. The van der Waals surface area contributed by atoms with E-state index in [-0.39, 0.29) is 12.5 Å². The topological polar surface area (TPSA) is 42.0 Å². The molecule has 132 valence electrons. The summed E-state index contributed by atoms with van der Waals surface area (Å²) in [6.45, 7) is 6.65. The van der Waals surface area contributed by atoms with Crippen LogP contribution in [0, 0.1) is 5.92 Å². The Bertz CT molecular complexity index is 524. The molecule has 2 aliphatic heterocycles. The normalized spacial score (nSPS) is 20.1. The van der Waals surface area contributed by atoms with E-state index in [4.69, 9.17) is 21.1 Å². The van der Waals surface area contributed by atoms with Crippen molar-refractivity contribution in [2.45, 2.75) is 12.8 Å². The number of hydrogen-bond acceptors (Lipinski definition) is 4. The van der Waals surface area contributed by atoms with Crippen molar-refractivity contribution in [1.82, 2.24) is 9.80 Å². The van der Waals surface area contributed by atoms with Gasteiger partial charge in [-0.2, -0.15) is 0 Å². The van der Waals surface area contributed by atoms with Crippen molar-refractivity contribution in [2.75, 3.05) is 52.5 Å². The van der Waals surface area contributed by atoms with Gasteiger partial charge in [0.05, 0.1) is 13.2 Å². The monoisotopic (exact) mass is 352 g/mol. The van der Waals surface area contributed by atoms with Gasteiger partial charge < -0.3 is 14.4 Å². The van der Waals surface area contributed by atoms with Crippen molar-refractivity contribution in [3.05, 3.63) is 29.3 Å². The number of piperidine rings is 1. The van der Waals surface area contributed by atoms with Crippen molar-refractivity contribution in [3.8, 4) is 5.75 Å². The van der Waals surface area contributed by atoms with E-state index in [0.29, 0.717) is 16.7 Å². The van der Waals surface area contributed by atoms with Crippen LogP contribution < -0.4 is 4.74 Å². The molecular formula is C18H25ClN2O3. The molecule has 0 atom stereocenters. The number of likely N-dealkylation sites (tertiary alicyclic amines) is 1. The van der Waals surface area contributed by atoms with Crippen LogP contribution in [0.15, 0.2) is 24.3 Å². The highest BCUT2D eigenvalue weighted by molar-refractivity contribution is 6.30. The van der Waals surface area contributed by atoms with Crippen LogP contribution in [0.1, 0.15) is 12.8 Å². The van der Waals surface area contributed by atoms with Crippen LogP contribution >= 0.6 is 11.6 Å². The third-order valence-electron chi connectivity index (χ3n) is 4.76. The molecule has 2 saturated heterocycles. The van der Waals surface area contributed by atoms with Gasteiger partial charge in [-0.05, 0) is 43.0 Å². The quantitative estimate of drug-likeness (QED) is 0.815. The lowest BCUT2D eigenvalue weighted by Crippen LogP contribution is -2.45. The summed E-state index contributed by atoms with van der Waals surface area (Å²) < 4.78 is 10.9. The van der Waals surface area contributed by atoms with Gasteiger partial charge in [0, 0.05) is 37.7 Å². The van der Waals surface area contributed by atoms with Crippen LogP contribution in [0.5, 0.6) is 5.75 Å². The molecule has 0 radical (unpaired) electrons. The largest absolute Gasteiger partial charge is 0.484 e. The molecule has 2 heterocycles. The fraction of sp³-hybridized carbons (Fsp3) is 0.611. The van der Waals surface area contributed by atoms with Crippen LogP contribution in [0.2, 0.25) is 5.02 Å². The molecule has 0 N–H and O–H groups in total. The Morgan fingerprint density at radius 3 is 2.46 bits per heavy atom. The van der Waals surface area contributed by atoms with Gasteiger partial charge in [0.2, 0.25) is 0 Å². The first-order chi connectivity index (χ1) is 11.7. The second-order valence-electron chi connectivity index (χ2n) is 6.48. The molecule has 0 spiro atoms. The van der Waals surface area contributed by atoms with Crippen LogP contribution in [-0.2, 0) is 9.53 Å². The first kappa shape index (κ1) is 17.5. The predicted octanol–water partition coefficient (Wildman–Crippen LogP) is 2.29. The lowest BCUT2D eigenvalue weighted by molar-refractivity contribution is -0.134. The van der Waals surface area contributed by atoms with Crippen LogP contribution in [0.4, 0.5) is 0 Å². The number of morpholine rings is 1. The Kier molecular flexibility index (Phi) is 6.35. The summed E-state index contributed by atoms with van der Waals surface area (Å²) in [7, 11) is 0. The number of rotatable bonds is 5. The third kappa shape index (κ3) is 5.10. The van der Waals surface area contributed by atoms with Gasteiger partial charge in [0.15, 0.2) is 6.61 Å². The Hall–Kier alpha value is -1.30. The maximum Gasteiger partial charge on any atom is 0.260 e. The maximum atomic E-state index is 12.3. The zero-order valence-electron chi connectivity index (χ0n) is 14.0. The molecule has 0 aliphatic carbocycles. The Morgan fingerprint density at radius 2 is 1.79 bits per heavy atom.